The first kappa shape index (κ1) is 10.8. The summed E-state index contributed by atoms with van der Waals surface area (Å²) in [5, 5.41) is 0.672. The van der Waals surface area contributed by atoms with Crippen LogP contribution in [0.4, 0.5) is 0 Å². The van der Waals surface area contributed by atoms with E-state index in [9.17, 15) is 0 Å². The van der Waals surface area contributed by atoms with Crippen molar-refractivity contribution in [3.05, 3.63) is 28.3 Å². The lowest BCUT2D eigenvalue weighted by molar-refractivity contribution is -0.0503. The Labute approximate surface area is 95.1 Å². The maximum Gasteiger partial charge on any atom is 0.137 e. The lowest BCUT2D eigenvalue weighted by atomic mass is 9.78. The van der Waals surface area contributed by atoms with Crippen LogP contribution in [0.2, 0.25) is 5.02 Å². The van der Waals surface area contributed by atoms with Crippen LogP contribution in [-0.2, 0) is 10.2 Å². The minimum absolute atomic E-state index is 0.125. The van der Waals surface area contributed by atoms with Gasteiger partial charge in [-0.15, -0.1) is 0 Å². The molecule has 0 saturated carbocycles. The van der Waals surface area contributed by atoms with Crippen molar-refractivity contribution in [2.45, 2.75) is 19.3 Å². The molecule has 2 nitrogen and oxygen atoms in total. The van der Waals surface area contributed by atoms with Crippen molar-refractivity contribution in [3.63, 3.8) is 0 Å². The zero-order valence-corrected chi connectivity index (χ0v) is 10.0. The first-order valence-corrected chi connectivity index (χ1v) is 5.37. The van der Waals surface area contributed by atoms with Crippen LogP contribution in [0.15, 0.2) is 12.1 Å². The smallest absolute Gasteiger partial charge is 0.137 e. The number of halogens is 1. The molecule has 1 aromatic carbocycles. The average molecular weight is 227 g/mol. The summed E-state index contributed by atoms with van der Waals surface area (Å²) in [4.78, 5) is 0. The van der Waals surface area contributed by atoms with Crippen LogP contribution in [0, 0.1) is 6.92 Å². The highest BCUT2D eigenvalue weighted by Gasteiger charge is 2.36. The van der Waals surface area contributed by atoms with Crippen molar-refractivity contribution in [2.75, 3.05) is 20.3 Å². The van der Waals surface area contributed by atoms with Gasteiger partial charge in [0.05, 0.1) is 25.3 Å². The van der Waals surface area contributed by atoms with E-state index in [1.165, 1.54) is 11.1 Å². The van der Waals surface area contributed by atoms with Gasteiger partial charge in [0.15, 0.2) is 0 Å². The van der Waals surface area contributed by atoms with Gasteiger partial charge < -0.3 is 9.47 Å². The minimum Gasteiger partial charge on any atom is -0.495 e. The van der Waals surface area contributed by atoms with Crippen LogP contribution in [0.3, 0.4) is 0 Å². The van der Waals surface area contributed by atoms with Crippen LogP contribution in [-0.4, -0.2) is 20.3 Å². The summed E-state index contributed by atoms with van der Waals surface area (Å²) in [5.74, 6) is 0.738. The van der Waals surface area contributed by atoms with Crippen molar-refractivity contribution < 1.29 is 9.47 Å². The van der Waals surface area contributed by atoms with E-state index in [2.05, 4.69) is 13.8 Å². The summed E-state index contributed by atoms with van der Waals surface area (Å²) in [6.07, 6.45) is 0. The highest BCUT2D eigenvalue weighted by atomic mass is 35.5. The summed E-state index contributed by atoms with van der Waals surface area (Å²) in [5.41, 5.74) is 2.60. The maximum absolute atomic E-state index is 6.12. The third kappa shape index (κ3) is 1.72. The largest absolute Gasteiger partial charge is 0.495 e. The molecule has 1 fully saturated rings. The topological polar surface area (TPSA) is 18.5 Å². The molecule has 0 aliphatic carbocycles. The van der Waals surface area contributed by atoms with E-state index < -0.39 is 0 Å². The number of rotatable bonds is 2. The molecule has 0 spiro atoms. The van der Waals surface area contributed by atoms with E-state index in [0.29, 0.717) is 5.02 Å². The van der Waals surface area contributed by atoms with Gasteiger partial charge in [-0.3, -0.25) is 0 Å². The fraction of sp³-hybridized carbons (Fsp3) is 0.500. The summed E-state index contributed by atoms with van der Waals surface area (Å²) < 4.78 is 10.5. The normalized spacial score (nSPS) is 18.4. The predicted octanol–water partition coefficient (Wildman–Crippen LogP) is 2.94. The van der Waals surface area contributed by atoms with Crippen molar-refractivity contribution in [2.24, 2.45) is 0 Å². The molecular formula is C12H15ClO2. The Morgan fingerprint density at radius 2 is 2.07 bits per heavy atom. The molecule has 0 unspecified atom stereocenters. The molecule has 0 atom stereocenters. The molecule has 15 heavy (non-hydrogen) atoms. The summed E-state index contributed by atoms with van der Waals surface area (Å²) in [7, 11) is 1.63. The molecule has 3 heteroatoms. The van der Waals surface area contributed by atoms with E-state index in [1.807, 2.05) is 12.1 Å². The van der Waals surface area contributed by atoms with Gasteiger partial charge in [-0.2, -0.15) is 0 Å². The number of hydrogen-bond donors (Lipinski definition) is 0. The second-order valence-corrected chi connectivity index (χ2v) is 4.76. The van der Waals surface area contributed by atoms with Gasteiger partial charge in [0.25, 0.3) is 0 Å². The first-order valence-electron chi connectivity index (χ1n) is 4.99. The second-order valence-electron chi connectivity index (χ2n) is 4.36. The molecule has 0 bridgehead atoms. The van der Waals surface area contributed by atoms with E-state index in [-0.39, 0.29) is 5.41 Å². The van der Waals surface area contributed by atoms with Crippen LogP contribution in [0.5, 0.6) is 5.75 Å². The maximum atomic E-state index is 6.12. The molecule has 1 aliphatic rings. The Bertz CT molecular complexity index is 383. The molecule has 1 heterocycles. The van der Waals surface area contributed by atoms with Gasteiger partial charge in [-0.25, -0.2) is 0 Å². The molecule has 1 saturated heterocycles. The van der Waals surface area contributed by atoms with E-state index in [4.69, 9.17) is 21.1 Å². The van der Waals surface area contributed by atoms with Crippen molar-refractivity contribution >= 4 is 11.6 Å². The molecule has 1 aliphatic heterocycles. The van der Waals surface area contributed by atoms with Gasteiger partial charge >= 0.3 is 0 Å². The minimum atomic E-state index is 0.125. The molecule has 82 valence electrons. The van der Waals surface area contributed by atoms with E-state index in [0.717, 1.165) is 19.0 Å². The van der Waals surface area contributed by atoms with Crippen LogP contribution >= 0.6 is 11.6 Å². The van der Waals surface area contributed by atoms with Crippen LogP contribution in [0.1, 0.15) is 18.1 Å². The van der Waals surface area contributed by atoms with E-state index in [1.54, 1.807) is 7.11 Å². The van der Waals surface area contributed by atoms with Crippen molar-refractivity contribution in [1.82, 2.24) is 0 Å². The fourth-order valence-corrected chi connectivity index (χ4v) is 2.27. The Morgan fingerprint density at radius 3 is 2.53 bits per heavy atom. The molecule has 2 rings (SSSR count). The molecule has 0 amide bonds. The van der Waals surface area contributed by atoms with Crippen LogP contribution < -0.4 is 4.74 Å². The summed E-state index contributed by atoms with van der Waals surface area (Å²) in [6.45, 7) is 5.83. The Kier molecular flexibility index (Phi) is 2.65. The van der Waals surface area contributed by atoms with Gasteiger partial charge in [0, 0.05) is 5.41 Å². The average Bonchev–Trinajstić information content (AvgIpc) is 2.17. The Balaban J connectivity index is 2.45. The Hall–Kier alpha value is -0.730. The summed E-state index contributed by atoms with van der Waals surface area (Å²) >= 11 is 6.12. The number of hydrogen-bond acceptors (Lipinski definition) is 2. The lowest BCUT2D eigenvalue weighted by Gasteiger charge is -2.39. The zero-order valence-electron chi connectivity index (χ0n) is 9.26. The molecular weight excluding hydrogens is 212 g/mol. The number of ether oxygens (including phenoxy) is 2. The highest BCUT2D eigenvalue weighted by molar-refractivity contribution is 6.32. The molecule has 0 N–H and O–H groups in total. The number of aryl methyl sites for hydroxylation is 1. The third-order valence-electron chi connectivity index (χ3n) is 2.99. The highest BCUT2D eigenvalue weighted by Crippen LogP contribution is 2.38. The van der Waals surface area contributed by atoms with Gasteiger partial charge in [-0.1, -0.05) is 18.5 Å². The third-order valence-corrected chi connectivity index (χ3v) is 3.29. The van der Waals surface area contributed by atoms with E-state index >= 15 is 0 Å². The molecule has 0 radical (unpaired) electrons. The quantitative estimate of drug-likeness (QED) is 0.772. The van der Waals surface area contributed by atoms with Crippen molar-refractivity contribution in [1.29, 1.82) is 0 Å². The molecule has 0 aromatic heterocycles. The number of methoxy groups -OCH3 is 1. The number of benzene rings is 1. The predicted molar refractivity (Wildman–Crippen MR) is 60.9 cm³/mol. The Morgan fingerprint density at radius 1 is 1.40 bits per heavy atom. The lowest BCUT2D eigenvalue weighted by Crippen LogP contribution is -2.44. The van der Waals surface area contributed by atoms with Crippen LogP contribution in [0.25, 0.3) is 0 Å². The van der Waals surface area contributed by atoms with Gasteiger partial charge in [0.2, 0.25) is 0 Å². The standard InChI is InChI=1S/C12H15ClO2/c1-8-4-11(14-3)10(13)5-9(8)12(2)6-15-7-12/h4-5H,6-7H2,1-3H3. The zero-order chi connectivity index (χ0) is 11.1. The monoisotopic (exact) mass is 226 g/mol. The first-order chi connectivity index (χ1) is 7.07. The molecule has 1 aromatic rings. The fourth-order valence-electron chi connectivity index (χ4n) is 2.03. The van der Waals surface area contributed by atoms with Gasteiger partial charge in [-0.05, 0) is 30.2 Å². The van der Waals surface area contributed by atoms with Crippen molar-refractivity contribution in [3.8, 4) is 5.75 Å². The SMILES string of the molecule is COc1cc(C)c(C2(C)COC2)cc1Cl. The summed E-state index contributed by atoms with van der Waals surface area (Å²) in [6, 6.07) is 3.99. The second kappa shape index (κ2) is 3.69. The van der Waals surface area contributed by atoms with Gasteiger partial charge in [0.1, 0.15) is 5.75 Å².